The Balaban J connectivity index is 2.28. The highest BCUT2D eigenvalue weighted by Crippen LogP contribution is 2.32. The van der Waals surface area contributed by atoms with E-state index in [0.717, 1.165) is 4.90 Å². The van der Waals surface area contributed by atoms with Crippen molar-refractivity contribution in [2.75, 3.05) is 17.6 Å². The minimum absolute atomic E-state index is 0.0877. The Labute approximate surface area is 113 Å². The van der Waals surface area contributed by atoms with Gasteiger partial charge in [0.2, 0.25) is 15.9 Å². The van der Waals surface area contributed by atoms with Gasteiger partial charge in [0.05, 0.1) is 16.3 Å². The smallest absolute Gasteiger partial charge is 0.318 e. The number of nitrogens with one attached hydrogen (secondary N) is 2. The van der Waals surface area contributed by atoms with Crippen molar-refractivity contribution in [1.82, 2.24) is 4.72 Å². The van der Waals surface area contributed by atoms with Crippen LogP contribution in [0.1, 0.15) is 0 Å². The van der Waals surface area contributed by atoms with Crippen molar-refractivity contribution in [3.8, 4) is 0 Å². The second kappa shape index (κ2) is 5.19. The molecule has 0 radical (unpaired) electrons. The highest BCUT2D eigenvalue weighted by atomic mass is 32.2. The van der Waals surface area contributed by atoms with E-state index in [-0.39, 0.29) is 16.6 Å². The van der Waals surface area contributed by atoms with Crippen LogP contribution >= 0.6 is 11.8 Å². The standard InChI is InChI=1S/C10H10N2O5S2/c13-9-5-18-8-2-1-6(3-7(8)12-9)19(16,17)11-4-10(14)15/h1-3,11H,4-5H2,(H,12,13)(H,14,15). The van der Waals surface area contributed by atoms with Crippen molar-refractivity contribution in [3.05, 3.63) is 18.2 Å². The fourth-order valence-electron chi connectivity index (χ4n) is 1.47. The lowest BCUT2D eigenvalue weighted by Gasteiger charge is -2.17. The first-order valence-corrected chi connectivity index (χ1v) is 7.63. The monoisotopic (exact) mass is 302 g/mol. The number of benzene rings is 1. The summed E-state index contributed by atoms with van der Waals surface area (Å²) in [6.07, 6.45) is 0. The van der Waals surface area contributed by atoms with Crippen LogP contribution in [0.4, 0.5) is 5.69 Å². The zero-order valence-electron chi connectivity index (χ0n) is 9.54. The van der Waals surface area contributed by atoms with Crippen LogP contribution in [0.3, 0.4) is 0 Å². The molecule has 1 aromatic rings. The third-order valence-electron chi connectivity index (χ3n) is 2.31. The average molecular weight is 302 g/mol. The van der Waals surface area contributed by atoms with Gasteiger partial charge in [-0.1, -0.05) is 0 Å². The number of hydrogen-bond acceptors (Lipinski definition) is 5. The minimum Gasteiger partial charge on any atom is -0.480 e. The second-order valence-electron chi connectivity index (χ2n) is 3.71. The van der Waals surface area contributed by atoms with Crippen LogP contribution in [0.2, 0.25) is 0 Å². The van der Waals surface area contributed by atoms with Crippen LogP contribution in [-0.2, 0) is 19.6 Å². The first kappa shape index (κ1) is 13.8. The highest BCUT2D eigenvalue weighted by molar-refractivity contribution is 8.00. The van der Waals surface area contributed by atoms with Crippen LogP contribution < -0.4 is 10.0 Å². The Morgan fingerprint density at radius 2 is 2.21 bits per heavy atom. The molecule has 0 saturated carbocycles. The molecule has 2 rings (SSSR count). The number of amides is 1. The molecule has 9 heteroatoms. The predicted molar refractivity (Wildman–Crippen MR) is 68.6 cm³/mol. The van der Waals surface area contributed by atoms with Crippen molar-refractivity contribution >= 4 is 39.3 Å². The van der Waals surface area contributed by atoms with Gasteiger partial charge in [-0.05, 0) is 18.2 Å². The summed E-state index contributed by atoms with van der Waals surface area (Å²) >= 11 is 1.31. The number of thioether (sulfide) groups is 1. The van der Waals surface area contributed by atoms with Gasteiger partial charge in [0.1, 0.15) is 6.54 Å². The maximum Gasteiger partial charge on any atom is 0.318 e. The van der Waals surface area contributed by atoms with E-state index in [2.05, 4.69) is 5.32 Å². The Hall–Kier alpha value is -1.58. The van der Waals surface area contributed by atoms with Gasteiger partial charge in [-0.15, -0.1) is 11.8 Å². The topological polar surface area (TPSA) is 113 Å². The molecule has 0 saturated heterocycles. The fourth-order valence-corrected chi connectivity index (χ4v) is 3.26. The lowest BCUT2D eigenvalue weighted by Crippen LogP contribution is -2.29. The maximum atomic E-state index is 11.8. The van der Waals surface area contributed by atoms with Gasteiger partial charge in [-0.2, -0.15) is 4.72 Å². The van der Waals surface area contributed by atoms with E-state index < -0.39 is 22.5 Å². The molecule has 1 amide bonds. The van der Waals surface area contributed by atoms with Crippen molar-refractivity contribution in [3.63, 3.8) is 0 Å². The van der Waals surface area contributed by atoms with Crippen molar-refractivity contribution in [2.45, 2.75) is 9.79 Å². The molecule has 1 heterocycles. The molecule has 7 nitrogen and oxygen atoms in total. The maximum absolute atomic E-state index is 11.8. The molecule has 0 atom stereocenters. The number of fused-ring (bicyclic) bond motifs is 1. The van der Waals surface area contributed by atoms with E-state index in [1.165, 1.54) is 23.9 Å². The van der Waals surface area contributed by atoms with Gasteiger partial charge < -0.3 is 10.4 Å². The SMILES string of the molecule is O=C(O)CNS(=O)(=O)c1ccc2c(c1)NC(=O)CS2. The molecule has 0 aliphatic carbocycles. The van der Waals surface area contributed by atoms with Crippen molar-refractivity contribution in [2.24, 2.45) is 0 Å². The fraction of sp³-hybridized carbons (Fsp3) is 0.200. The number of hydrogen-bond donors (Lipinski definition) is 3. The Kier molecular flexibility index (Phi) is 3.78. The lowest BCUT2D eigenvalue weighted by molar-refractivity contribution is -0.135. The molecule has 1 aromatic carbocycles. The van der Waals surface area contributed by atoms with Crippen LogP contribution in [0.15, 0.2) is 28.0 Å². The third-order valence-corrected chi connectivity index (χ3v) is 4.78. The van der Waals surface area contributed by atoms with E-state index in [1.54, 1.807) is 6.07 Å². The quantitative estimate of drug-likeness (QED) is 0.727. The molecule has 0 fully saturated rings. The van der Waals surface area contributed by atoms with Gasteiger partial charge in [-0.25, -0.2) is 8.42 Å². The zero-order valence-corrected chi connectivity index (χ0v) is 11.2. The molecule has 1 aliphatic rings. The summed E-state index contributed by atoms with van der Waals surface area (Å²) in [7, 11) is -3.90. The van der Waals surface area contributed by atoms with E-state index >= 15 is 0 Å². The van der Waals surface area contributed by atoms with Crippen LogP contribution in [0.25, 0.3) is 0 Å². The molecule has 102 valence electrons. The van der Waals surface area contributed by atoms with E-state index in [9.17, 15) is 18.0 Å². The first-order chi connectivity index (χ1) is 8.88. The summed E-state index contributed by atoms with van der Waals surface area (Å²) < 4.78 is 25.6. The van der Waals surface area contributed by atoms with Gasteiger partial charge in [0.25, 0.3) is 0 Å². The molecule has 0 unspecified atom stereocenters. The number of carbonyl (C=O) groups is 2. The zero-order chi connectivity index (χ0) is 14.0. The Morgan fingerprint density at radius 1 is 1.47 bits per heavy atom. The second-order valence-corrected chi connectivity index (χ2v) is 6.50. The third kappa shape index (κ3) is 3.25. The van der Waals surface area contributed by atoms with Crippen LogP contribution in [0, 0.1) is 0 Å². The summed E-state index contributed by atoms with van der Waals surface area (Å²) in [6, 6.07) is 4.26. The van der Waals surface area contributed by atoms with Gasteiger partial charge in [-0.3, -0.25) is 9.59 Å². The minimum atomic E-state index is -3.90. The summed E-state index contributed by atoms with van der Waals surface area (Å²) in [5.41, 5.74) is 0.416. The van der Waals surface area contributed by atoms with Gasteiger partial charge in [0, 0.05) is 4.90 Å². The number of carboxylic acid groups (broad SMARTS) is 1. The summed E-state index contributed by atoms with van der Waals surface area (Å²) in [5, 5.41) is 11.0. The normalized spacial score (nSPS) is 14.6. The lowest BCUT2D eigenvalue weighted by atomic mass is 10.3. The molecular weight excluding hydrogens is 292 g/mol. The highest BCUT2D eigenvalue weighted by Gasteiger charge is 2.20. The number of rotatable bonds is 4. The molecule has 0 spiro atoms. The van der Waals surface area contributed by atoms with Crippen LogP contribution in [0.5, 0.6) is 0 Å². The average Bonchev–Trinajstić information content (AvgIpc) is 2.35. The largest absolute Gasteiger partial charge is 0.480 e. The number of sulfonamides is 1. The van der Waals surface area contributed by atoms with E-state index in [1.807, 2.05) is 4.72 Å². The van der Waals surface area contributed by atoms with E-state index in [0.29, 0.717) is 5.69 Å². The van der Waals surface area contributed by atoms with Gasteiger partial charge >= 0.3 is 5.97 Å². The Morgan fingerprint density at radius 3 is 2.89 bits per heavy atom. The molecule has 3 N–H and O–H groups in total. The Bertz CT molecular complexity index is 641. The number of aliphatic carboxylic acids is 1. The molecule has 19 heavy (non-hydrogen) atoms. The molecular formula is C10H10N2O5S2. The molecule has 1 aliphatic heterocycles. The molecule has 0 aromatic heterocycles. The summed E-state index contributed by atoms with van der Waals surface area (Å²) in [4.78, 5) is 22.3. The predicted octanol–water partition coefficient (Wildman–Crippen LogP) is 0.0937. The molecule has 0 bridgehead atoms. The number of anilines is 1. The number of carbonyl (C=O) groups excluding carboxylic acids is 1. The van der Waals surface area contributed by atoms with E-state index in [4.69, 9.17) is 5.11 Å². The first-order valence-electron chi connectivity index (χ1n) is 5.16. The van der Waals surface area contributed by atoms with Crippen LogP contribution in [-0.4, -0.2) is 37.7 Å². The summed E-state index contributed by atoms with van der Waals surface area (Å²) in [6.45, 7) is -0.694. The van der Waals surface area contributed by atoms with Crippen molar-refractivity contribution in [1.29, 1.82) is 0 Å². The summed E-state index contributed by atoms with van der Waals surface area (Å²) in [5.74, 6) is -1.19. The van der Waals surface area contributed by atoms with Crippen molar-refractivity contribution < 1.29 is 23.1 Å². The van der Waals surface area contributed by atoms with Gasteiger partial charge in [0.15, 0.2) is 0 Å². The number of carboxylic acids is 1.